The second-order valence-corrected chi connectivity index (χ2v) is 9.52. The van der Waals surface area contributed by atoms with E-state index in [2.05, 4.69) is 62.9 Å². The molecular weight excluding hydrogens is 444 g/mol. The molecular formula is C28H31ClN4O. The third-order valence-electron chi connectivity index (χ3n) is 6.79. The molecule has 0 spiro atoms. The van der Waals surface area contributed by atoms with Crippen molar-refractivity contribution in [3.8, 4) is 28.0 Å². The first kappa shape index (κ1) is 22.9. The molecule has 0 bridgehead atoms. The number of methoxy groups -OCH3 is 1. The van der Waals surface area contributed by atoms with Gasteiger partial charge in [0, 0.05) is 78.4 Å². The summed E-state index contributed by atoms with van der Waals surface area (Å²) < 4.78 is 7.65. The summed E-state index contributed by atoms with van der Waals surface area (Å²) in [5, 5.41) is 1.97. The van der Waals surface area contributed by atoms with Crippen molar-refractivity contribution in [2.45, 2.75) is 13.0 Å². The molecule has 2 aromatic carbocycles. The maximum absolute atomic E-state index is 6.40. The normalized spacial score (nSPS) is 15.1. The van der Waals surface area contributed by atoms with Gasteiger partial charge >= 0.3 is 0 Å². The predicted octanol–water partition coefficient (Wildman–Crippen LogP) is 5.67. The lowest BCUT2D eigenvalue weighted by Gasteiger charge is -2.32. The number of rotatable bonds is 7. The zero-order valence-corrected chi connectivity index (χ0v) is 20.6. The highest BCUT2D eigenvalue weighted by Crippen LogP contribution is 2.34. The maximum Gasteiger partial charge on any atom is 0.118 e. The number of likely N-dealkylation sites (N-methyl/N-ethyl adjacent to an activating group) is 1. The van der Waals surface area contributed by atoms with Crippen LogP contribution in [-0.2, 0) is 6.54 Å². The highest BCUT2D eigenvalue weighted by molar-refractivity contribution is 6.31. The van der Waals surface area contributed by atoms with Crippen LogP contribution in [0.2, 0.25) is 5.02 Å². The van der Waals surface area contributed by atoms with E-state index in [0.717, 1.165) is 73.2 Å². The van der Waals surface area contributed by atoms with Gasteiger partial charge in [0.05, 0.1) is 12.6 Å². The summed E-state index contributed by atoms with van der Waals surface area (Å²) >= 11 is 6.40. The number of halogens is 1. The summed E-state index contributed by atoms with van der Waals surface area (Å²) in [6, 6.07) is 16.5. The van der Waals surface area contributed by atoms with Gasteiger partial charge in [0.1, 0.15) is 5.75 Å². The lowest BCUT2D eigenvalue weighted by molar-refractivity contribution is 0.151. The number of aromatic nitrogens is 2. The fourth-order valence-corrected chi connectivity index (χ4v) is 4.91. The first-order chi connectivity index (χ1) is 16.6. The average molecular weight is 475 g/mol. The van der Waals surface area contributed by atoms with Crippen molar-refractivity contribution in [1.29, 1.82) is 0 Å². The topological polar surface area (TPSA) is 33.5 Å². The Kier molecular flexibility index (Phi) is 6.86. The molecule has 1 aliphatic heterocycles. The number of pyridine rings is 1. The van der Waals surface area contributed by atoms with Crippen LogP contribution >= 0.6 is 11.6 Å². The Hall–Kier alpha value is -2.86. The van der Waals surface area contributed by atoms with Crippen LogP contribution < -0.4 is 4.74 Å². The number of hydrogen-bond acceptors (Lipinski definition) is 4. The van der Waals surface area contributed by atoms with E-state index in [-0.39, 0.29) is 0 Å². The highest BCUT2D eigenvalue weighted by atomic mass is 35.5. The Morgan fingerprint density at radius 2 is 1.65 bits per heavy atom. The Balaban J connectivity index is 1.41. The van der Waals surface area contributed by atoms with Crippen LogP contribution in [0.5, 0.6) is 5.75 Å². The van der Waals surface area contributed by atoms with Gasteiger partial charge in [-0.25, -0.2) is 0 Å². The van der Waals surface area contributed by atoms with Crippen LogP contribution in [0.4, 0.5) is 0 Å². The molecule has 1 saturated heterocycles. The minimum atomic E-state index is 0.766. The number of piperazine rings is 1. The molecule has 6 heteroatoms. The van der Waals surface area contributed by atoms with Crippen LogP contribution in [0.15, 0.2) is 67.1 Å². The lowest BCUT2D eigenvalue weighted by atomic mass is 10.0. The van der Waals surface area contributed by atoms with Gasteiger partial charge in [-0.05, 0) is 55.9 Å². The van der Waals surface area contributed by atoms with Crippen molar-refractivity contribution in [2.75, 3.05) is 46.9 Å². The van der Waals surface area contributed by atoms with Crippen LogP contribution in [0, 0.1) is 0 Å². The van der Waals surface area contributed by atoms with E-state index >= 15 is 0 Å². The van der Waals surface area contributed by atoms with Crippen molar-refractivity contribution in [1.82, 2.24) is 19.4 Å². The molecule has 0 aliphatic carbocycles. The van der Waals surface area contributed by atoms with Crippen molar-refractivity contribution >= 4 is 22.5 Å². The van der Waals surface area contributed by atoms with Crippen LogP contribution in [0.25, 0.3) is 33.2 Å². The first-order valence-corrected chi connectivity index (χ1v) is 12.3. The van der Waals surface area contributed by atoms with Gasteiger partial charge in [-0.1, -0.05) is 29.8 Å². The van der Waals surface area contributed by atoms with E-state index in [1.807, 2.05) is 30.6 Å². The van der Waals surface area contributed by atoms with Crippen molar-refractivity contribution in [2.24, 2.45) is 0 Å². The van der Waals surface area contributed by atoms with E-state index in [4.69, 9.17) is 16.3 Å². The molecule has 0 unspecified atom stereocenters. The van der Waals surface area contributed by atoms with Crippen LogP contribution in [0.3, 0.4) is 0 Å². The lowest BCUT2D eigenvalue weighted by Crippen LogP contribution is -2.44. The third kappa shape index (κ3) is 4.97. The largest absolute Gasteiger partial charge is 0.497 e. The summed E-state index contributed by atoms with van der Waals surface area (Å²) in [6.45, 7) is 6.72. The minimum absolute atomic E-state index is 0.766. The molecule has 0 atom stereocenters. The molecule has 0 amide bonds. The van der Waals surface area contributed by atoms with Gasteiger partial charge in [-0.15, -0.1) is 0 Å². The molecule has 2 aromatic heterocycles. The molecule has 176 valence electrons. The Morgan fingerprint density at radius 1 is 0.882 bits per heavy atom. The smallest absolute Gasteiger partial charge is 0.118 e. The van der Waals surface area contributed by atoms with Gasteiger partial charge in [0.25, 0.3) is 0 Å². The molecule has 1 aliphatic rings. The van der Waals surface area contributed by atoms with Crippen molar-refractivity contribution < 1.29 is 4.74 Å². The number of hydrogen-bond donors (Lipinski definition) is 0. The molecule has 0 N–H and O–H groups in total. The van der Waals surface area contributed by atoms with Gasteiger partial charge in [-0.2, -0.15) is 0 Å². The Bertz CT molecular complexity index is 1260. The molecule has 5 nitrogen and oxygen atoms in total. The second-order valence-electron chi connectivity index (χ2n) is 9.09. The van der Waals surface area contributed by atoms with E-state index < -0.39 is 0 Å². The Labute approximate surface area is 206 Å². The number of aryl methyl sites for hydroxylation is 1. The number of nitrogens with zero attached hydrogens (tertiary/aromatic N) is 4. The number of benzene rings is 2. The molecule has 4 aromatic rings. The molecule has 5 rings (SSSR count). The fourth-order valence-electron chi connectivity index (χ4n) is 4.74. The third-order valence-corrected chi connectivity index (χ3v) is 7.02. The van der Waals surface area contributed by atoms with Crippen LogP contribution in [-0.4, -0.2) is 66.2 Å². The molecule has 1 fully saturated rings. The molecule has 34 heavy (non-hydrogen) atoms. The van der Waals surface area contributed by atoms with Gasteiger partial charge in [-0.3, -0.25) is 4.98 Å². The first-order valence-electron chi connectivity index (χ1n) is 11.9. The summed E-state index contributed by atoms with van der Waals surface area (Å²) in [5.74, 6) is 0.851. The predicted molar refractivity (Wildman–Crippen MR) is 141 cm³/mol. The van der Waals surface area contributed by atoms with Crippen LogP contribution in [0.1, 0.15) is 6.42 Å². The second kappa shape index (κ2) is 10.2. The van der Waals surface area contributed by atoms with E-state index in [1.54, 1.807) is 7.11 Å². The average Bonchev–Trinajstić information content (AvgIpc) is 3.23. The SMILES string of the molecule is COc1ccc(-c2cncc(-c3cn(CCCN4CCN(C)CC4)c4cc(Cl)ccc34)c2)cc1. The molecule has 0 saturated carbocycles. The zero-order valence-electron chi connectivity index (χ0n) is 19.9. The van der Waals surface area contributed by atoms with E-state index in [1.165, 1.54) is 16.5 Å². The quantitative estimate of drug-likeness (QED) is 0.345. The summed E-state index contributed by atoms with van der Waals surface area (Å²) in [4.78, 5) is 9.54. The summed E-state index contributed by atoms with van der Waals surface area (Å²) in [6.07, 6.45) is 7.24. The standard InChI is InChI=1S/C28H31ClN4O/c1-31-12-14-32(15-13-31)10-3-11-33-20-27(26-9-6-24(29)17-28(26)33)23-16-22(18-30-19-23)21-4-7-25(34-2)8-5-21/h4-9,16-20H,3,10-15H2,1-2H3. The van der Waals surface area contributed by atoms with Gasteiger partial charge in [0.2, 0.25) is 0 Å². The highest BCUT2D eigenvalue weighted by Gasteiger charge is 2.15. The maximum atomic E-state index is 6.40. The zero-order chi connectivity index (χ0) is 23.5. The fraction of sp³-hybridized carbons (Fsp3) is 0.321. The summed E-state index contributed by atoms with van der Waals surface area (Å²) in [7, 11) is 3.89. The summed E-state index contributed by atoms with van der Waals surface area (Å²) in [5.41, 5.74) is 5.68. The van der Waals surface area contributed by atoms with E-state index in [0.29, 0.717) is 0 Å². The number of ether oxygens (including phenoxy) is 1. The molecule has 0 radical (unpaired) electrons. The van der Waals surface area contributed by atoms with Gasteiger partial charge in [0.15, 0.2) is 0 Å². The van der Waals surface area contributed by atoms with E-state index in [9.17, 15) is 0 Å². The molecule has 3 heterocycles. The minimum Gasteiger partial charge on any atom is -0.497 e. The van der Waals surface area contributed by atoms with Gasteiger partial charge < -0.3 is 19.1 Å². The van der Waals surface area contributed by atoms with Crippen molar-refractivity contribution in [3.05, 3.63) is 72.1 Å². The number of fused-ring (bicyclic) bond motifs is 1. The Morgan fingerprint density at radius 3 is 2.41 bits per heavy atom. The van der Waals surface area contributed by atoms with Crippen molar-refractivity contribution in [3.63, 3.8) is 0 Å². The monoisotopic (exact) mass is 474 g/mol.